The maximum Gasteiger partial charge on any atom is 0.0687 e. The molecule has 4 heteroatoms. The van der Waals surface area contributed by atoms with Crippen molar-refractivity contribution in [1.82, 2.24) is 0 Å². The summed E-state index contributed by atoms with van der Waals surface area (Å²) in [5.41, 5.74) is 12.8. The normalized spacial score (nSPS) is 13.0. The molecule has 0 heterocycles. The third-order valence-corrected chi connectivity index (χ3v) is 1.97. The molecule has 0 bridgehead atoms. The van der Waals surface area contributed by atoms with Gasteiger partial charge >= 0.3 is 0 Å². The Morgan fingerprint density at radius 2 is 1.93 bits per heavy atom. The van der Waals surface area contributed by atoms with Crippen LogP contribution in [-0.2, 0) is 0 Å². The summed E-state index contributed by atoms with van der Waals surface area (Å²) in [5, 5.41) is 0.684. The van der Waals surface area contributed by atoms with E-state index in [-0.39, 0.29) is 0 Å². The van der Waals surface area contributed by atoms with Gasteiger partial charge in [-0.1, -0.05) is 11.6 Å². The molecular formula is C10H12ClN3. The lowest BCUT2D eigenvalue weighted by molar-refractivity contribution is 1.36. The van der Waals surface area contributed by atoms with Crippen LogP contribution in [0, 0.1) is 0 Å². The monoisotopic (exact) mass is 209 g/mol. The number of hydrogen-bond acceptors (Lipinski definition) is 3. The standard InChI is InChI=1S/C10H12ClN3/c1-7(10(13)6-12)14-9-4-2-8(11)3-5-9/h2-6H,12-13H2,1H3. The molecule has 4 N–H and O–H groups in total. The minimum Gasteiger partial charge on any atom is -0.403 e. The summed E-state index contributed by atoms with van der Waals surface area (Å²) in [6.07, 6.45) is 1.33. The number of nitrogens with two attached hydrogens (primary N) is 2. The third kappa shape index (κ3) is 2.78. The van der Waals surface area contributed by atoms with E-state index in [4.69, 9.17) is 23.1 Å². The summed E-state index contributed by atoms with van der Waals surface area (Å²) in [6.45, 7) is 1.80. The van der Waals surface area contributed by atoms with E-state index < -0.39 is 0 Å². The van der Waals surface area contributed by atoms with Crippen molar-refractivity contribution in [2.45, 2.75) is 6.92 Å². The highest BCUT2D eigenvalue weighted by Crippen LogP contribution is 2.16. The van der Waals surface area contributed by atoms with E-state index in [1.807, 2.05) is 12.1 Å². The molecule has 3 nitrogen and oxygen atoms in total. The molecule has 1 aromatic carbocycles. The average molecular weight is 210 g/mol. The Kier molecular flexibility index (Phi) is 3.54. The van der Waals surface area contributed by atoms with Gasteiger partial charge in [0.25, 0.3) is 0 Å². The quantitative estimate of drug-likeness (QED) is 0.734. The molecule has 0 radical (unpaired) electrons. The lowest BCUT2D eigenvalue weighted by atomic mass is 10.3. The first-order valence-corrected chi connectivity index (χ1v) is 4.50. The van der Waals surface area contributed by atoms with Crippen LogP contribution < -0.4 is 11.5 Å². The number of hydrogen-bond donors (Lipinski definition) is 2. The van der Waals surface area contributed by atoms with Crippen molar-refractivity contribution in [2.75, 3.05) is 0 Å². The second kappa shape index (κ2) is 4.67. The van der Waals surface area contributed by atoms with Gasteiger partial charge in [0, 0.05) is 11.2 Å². The van der Waals surface area contributed by atoms with E-state index in [1.165, 1.54) is 6.20 Å². The van der Waals surface area contributed by atoms with E-state index in [9.17, 15) is 0 Å². The van der Waals surface area contributed by atoms with Gasteiger partial charge in [-0.25, -0.2) is 0 Å². The van der Waals surface area contributed by atoms with Crippen LogP contribution in [0.2, 0.25) is 5.02 Å². The Hall–Kier alpha value is -1.48. The van der Waals surface area contributed by atoms with Crippen LogP contribution >= 0.6 is 11.6 Å². The zero-order valence-electron chi connectivity index (χ0n) is 7.87. The molecule has 0 atom stereocenters. The van der Waals surface area contributed by atoms with E-state index in [2.05, 4.69) is 4.99 Å². The smallest absolute Gasteiger partial charge is 0.0687 e. The Bertz CT molecular complexity index is 365. The number of rotatable bonds is 2. The highest BCUT2D eigenvalue weighted by molar-refractivity contribution is 6.30. The second-order valence-electron chi connectivity index (χ2n) is 2.80. The summed E-state index contributed by atoms with van der Waals surface area (Å²) in [7, 11) is 0. The van der Waals surface area contributed by atoms with E-state index >= 15 is 0 Å². The van der Waals surface area contributed by atoms with Crippen LogP contribution in [0.25, 0.3) is 0 Å². The molecule has 0 aliphatic heterocycles. The molecular weight excluding hydrogens is 198 g/mol. The second-order valence-corrected chi connectivity index (χ2v) is 3.23. The number of halogens is 1. The fourth-order valence-electron chi connectivity index (χ4n) is 0.894. The number of benzene rings is 1. The Balaban J connectivity index is 2.92. The summed E-state index contributed by atoms with van der Waals surface area (Å²) in [6, 6.07) is 7.18. The van der Waals surface area contributed by atoms with Gasteiger partial charge in [-0.3, -0.25) is 4.99 Å². The first-order chi connectivity index (χ1) is 6.63. The largest absolute Gasteiger partial charge is 0.403 e. The van der Waals surface area contributed by atoms with E-state index in [1.54, 1.807) is 19.1 Å². The first kappa shape index (κ1) is 10.6. The maximum atomic E-state index is 5.73. The van der Waals surface area contributed by atoms with Crippen LogP contribution in [0.3, 0.4) is 0 Å². The maximum absolute atomic E-state index is 5.73. The van der Waals surface area contributed by atoms with Crippen LogP contribution in [0.4, 0.5) is 5.69 Å². The summed E-state index contributed by atoms with van der Waals surface area (Å²) in [4.78, 5) is 4.26. The number of aliphatic imine (C=N–C) groups is 1. The third-order valence-electron chi connectivity index (χ3n) is 1.72. The molecule has 0 aromatic heterocycles. The van der Waals surface area contributed by atoms with Crippen LogP contribution in [0.15, 0.2) is 41.2 Å². The molecule has 0 aliphatic carbocycles. The van der Waals surface area contributed by atoms with Gasteiger partial charge < -0.3 is 11.5 Å². The molecule has 1 aromatic rings. The molecule has 0 amide bonds. The van der Waals surface area contributed by atoms with Gasteiger partial charge in [0.05, 0.1) is 17.1 Å². The average Bonchev–Trinajstić information content (AvgIpc) is 2.20. The molecule has 0 fully saturated rings. The number of allylic oxidation sites excluding steroid dienone is 1. The van der Waals surface area contributed by atoms with Gasteiger partial charge in [-0.15, -0.1) is 0 Å². The van der Waals surface area contributed by atoms with Crippen LogP contribution in [0.5, 0.6) is 0 Å². The molecule has 1 rings (SSSR count). The predicted octanol–water partition coefficient (Wildman–Crippen LogP) is 2.19. The van der Waals surface area contributed by atoms with Gasteiger partial charge in [0.15, 0.2) is 0 Å². The SMILES string of the molecule is CC(=Nc1ccc(Cl)cc1)C(N)=CN. The summed E-state index contributed by atoms with van der Waals surface area (Å²) >= 11 is 5.73. The van der Waals surface area contributed by atoms with Gasteiger partial charge in [0.1, 0.15) is 0 Å². The molecule has 0 unspecified atom stereocenters. The predicted molar refractivity (Wildman–Crippen MR) is 60.7 cm³/mol. The zero-order chi connectivity index (χ0) is 10.6. The van der Waals surface area contributed by atoms with Crippen molar-refractivity contribution in [1.29, 1.82) is 0 Å². The van der Waals surface area contributed by atoms with Crippen molar-refractivity contribution in [2.24, 2.45) is 16.5 Å². The van der Waals surface area contributed by atoms with Crippen molar-refractivity contribution in [3.63, 3.8) is 0 Å². The number of nitrogens with zero attached hydrogens (tertiary/aromatic N) is 1. The fourth-order valence-corrected chi connectivity index (χ4v) is 1.02. The lowest BCUT2D eigenvalue weighted by Gasteiger charge is -1.99. The Morgan fingerprint density at radius 1 is 1.36 bits per heavy atom. The Labute approximate surface area is 88.1 Å². The molecule has 74 valence electrons. The fraction of sp³-hybridized carbons (Fsp3) is 0.100. The minimum absolute atomic E-state index is 0.472. The zero-order valence-corrected chi connectivity index (χ0v) is 8.62. The molecule has 0 spiro atoms. The van der Waals surface area contributed by atoms with E-state index in [0.717, 1.165) is 5.69 Å². The van der Waals surface area contributed by atoms with Crippen molar-refractivity contribution < 1.29 is 0 Å². The summed E-state index contributed by atoms with van der Waals surface area (Å²) < 4.78 is 0. The molecule has 0 aliphatic rings. The van der Waals surface area contributed by atoms with Crippen molar-refractivity contribution in [3.8, 4) is 0 Å². The molecule has 0 saturated heterocycles. The molecule has 0 saturated carbocycles. The Morgan fingerprint density at radius 3 is 2.43 bits per heavy atom. The van der Waals surface area contributed by atoms with Gasteiger partial charge in [0.2, 0.25) is 0 Å². The first-order valence-electron chi connectivity index (χ1n) is 4.12. The minimum atomic E-state index is 0.472. The van der Waals surface area contributed by atoms with Gasteiger partial charge in [-0.2, -0.15) is 0 Å². The molecule has 14 heavy (non-hydrogen) atoms. The van der Waals surface area contributed by atoms with E-state index in [0.29, 0.717) is 16.4 Å². The van der Waals surface area contributed by atoms with Gasteiger partial charge in [-0.05, 0) is 31.2 Å². The summed E-state index contributed by atoms with van der Waals surface area (Å²) in [5.74, 6) is 0. The van der Waals surface area contributed by atoms with Crippen LogP contribution in [-0.4, -0.2) is 5.71 Å². The highest BCUT2D eigenvalue weighted by Gasteiger charge is 1.95. The highest BCUT2D eigenvalue weighted by atomic mass is 35.5. The van der Waals surface area contributed by atoms with Crippen LogP contribution in [0.1, 0.15) is 6.92 Å². The lowest BCUT2D eigenvalue weighted by Crippen LogP contribution is -2.09. The van der Waals surface area contributed by atoms with Crippen molar-refractivity contribution >= 4 is 23.0 Å². The van der Waals surface area contributed by atoms with Crippen molar-refractivity contribution in [3.05, 3.63) is 41.2 Å². The topological polar surface area (TPSA) is 64.4 Å².